The lowest BCUT2D eigenvalue weighted by atomic mass is 9.87. The fourth-order valence-corrected chi connectivity index (χ4v) is 3.74. The predicted molar refractivity (Wildman–Crippen MR) is 90.1 cm³/mol. The predicted octanol–water partition coefficient (Wildman–Crippen LogP) is 5.72. The van der Waals surface area contributed by atoms with E-state index in [4.69, 9.17) is 23.2 Å². The molecule has 1 N–H and O–H groups in total. The third kappa shape index (κ3) is 3.26. The second-order valence-corrected chi connectivity index (χ2v) is 6.54. The summed E-state index contributed by atoms with van der Waals surface area (Å²) in [5, 5.41) is 5.13. The number of halogens is 2. The van der Waals surface area contributed by atoms with Crippen LogP contribution in [0.3, 0.4) is 0 Å². The molecule has 2 aromatic rings. The van der Waals surface area contributed by atoms with Gasteiger partial charge in [-0.25, -0.2) is 0 Å². The Morgan fingerprint density at radius 3 is 2.76 bits per heavy atom. The molecule has 1 aliphatic carbocycles. The maximum atomic E-state index is 6.32. The molecule has 1 nitrogen and oxygen atoms in total. The molecule has 0 heterocycles. The highest BCUT2D eigenvalue weighted by atomic mass is 35.5. The Bertz CT molecular complexity index is 639. The van der Waals surface area contributed by atoms with Crippen LogP contribution in [0.4, 0.5) is 0 Å². The van der Waals surface area contributed by atoms with Crippen molar-refractivity contribution in [2.45, 2.75) is 38.3 Å². The Balaban J connectivity index is 1.81. The summed E-state index contributed by atoms with van der Waals surface area (Å²) < 4.78 is 0. The second-order valence-electron chi connectivity index (χ2n) is 5.70. The molecule has 3 rings (SSSR count). The van der Waals surface area contributed by atoms with Crippen molar-refractivity contribution < 1.29 is 0 Å². The molecule has 2 unspecified atom stereocenters. The van der Waals surface area contributed by atoms with Gasteiger partial charge < -0.3 is 5.32 Å². The van der Waals surface area contributed by atoms with Gasteiger partial charge in [-0.1, -0.05) is 53.5 Å². The van der Waals surface area contributed by atoms with Gasteiger partial charge in [-0.15, -0.1) is 0 Å². The highest BCUT2D eigenvalue weighted by Gasteiger charge is 2.22. The zero-order valence-electron chi connectivity index (χ0n) is 12.1. The number of hydrogen-bond acceptors (Lipinski definition) is 1. The van der Waals surface area contributed by atoms with Gasteiger partial charge >= 0.3 is 0 Å². The zero-order chi connectivity index (χ0) is 14.8. The first kappa shape index (κ1) is 14.9. The Morgan fingerprint density at radius 1 is 1.14 bits per heavy atom. The monoisotopic (exact) mass is 319 g/mol. The summed E-state index contributed by atoms with van der Waals surface area (Å²) in [6.07, 6.45) is 3.59. The highest BCUT2D eigenvalue weighted by Crippen LogP contribution is 2.33. The van der Waals surface area contributed by atoms with Crippen LogP contribution in [0.5, 0.6) is 0 Å². The van der Waals surface area contributed by atoms with Crippen LogP contribution in [0.25, 0.3) is 0 Å². The van der Waals surface area contributed by atoms with Gasteiger partial charge in [-0.05, 0) is 55.0 Å². The summed E-state index contributed by atoms with van der Waals surface area (Å²) in [7, 11) is 0. The van der Waals surface area contributed by atoms with Crippen LogP contribution < -0.4 is 5.32 Å². The van der Waals surface area contributed by atoms with Gasteiger partial charge in [-0.3, -0.25) is 0 Å². The molecule has 0 radical (unpaired) electrons. The maximum Gasteiger partial charge on any atom is 0.0468 e. The standard InChI is InChI=1S/C18H19Cl2N/c1-12(15-10-9-14(19)11-17(15)20)21-18-8-4-6-13-5-2-3-7-16(13)18/h2-3,5,7,9-12,18,21H,4,6,8H2,1H3. The quantitative estimate of drug-likeness (QED) is 0.762. The number of fused-ring (bicyclic) bond motifs is 1. The average molecular weight is 320 g/mol. The Labute approximate surface area is 136 Å². The Kier molecular flexibility index (Phi) is 4.54. The topological polar surface area (TPSA) is 12.0 Å². The van der Waals surface area contributed by atoms with Gasteiger partial charge in [0.1, 0.15) is 0 Å². The molecule has 0 saturated heterocycles. The molecule has 0 bridgehead atoms. The SMILES string of the molecule is CC(NC1CCCc2ccccc21)c1ccc(Cl)cc1Cl. The van der Waals surface area contributed by atoms with Crippen LogP contribution in [0.2, 0.25) is 10.0 Å². The number of benzene rings is 2. The first-order valence-electron chi connectivity index (χ1n) is 7.44. The van der Waals surface area contributed by atoms with Crippen LogP contribution in [-0.2, 0) is 6.42 Å². The van der Waals surface area contributed by atoms with E-state index in [0.29, 0.717) is 11.1 Å². The van der Waals surface area contributed by atoms with Crippen molar-refractivity contribution in [1.82, 2.24) is 5.32 Å². The molecule has 0 fully saturated rings. The minimum atomic E-state index is 0.200. The molecule has 2 atom stereocenters. The van der Waals surface area contributed by atoms with Crippen molar-refractivity contribution in [2.24, 2.45) is 0 Å². The number of aryl methyl sites for hydroxylation is 1. The summed E-state index contributed by atoms with van der Waals surface area (Å²) in [6, 6.07) is 15.0. The van der Waals surface area contributed by atoms with Crippen molar-refractivity contribution in [3.8, 4) is 0 Å². The molecule has 0 saturated carbocycles. The van der Waals surface area contributed by atoms with Crippen LogP contribution in [0.1, 0.15) is 48.5 Å². The van der Waals surface area contributed by atoms with Crippen LogP contribution >= 0.6 is 23.2 Å². The molecule has 0 aromatic heterocycles. The second kappa shape index (κ2) is 6.39. The van der Waals surface area contributed by atoms with Crippen molar-refractivity contribution in [2.75, 3.05) is 0 Å². The van der Waals surface area contributed by atoms with E-state index in [0.717, 1.165) is 10.6 Å². The van der Waals surface area contributed by atoms with E-state index in [1.807, 2.05) is 18.2 Å². The third-order valence-corrected chi connectivity index (χ3v) is 4.81. The van der Waals surface area contributed by atoms with Crippen molar-refractivity contribution in [3.05, 3.63) is 69.2 Å². The van der Waals surface area contributed by atoms with Crippen molar-refractivity contribution in [3.63, 3.8) is 0 Å². The van der Waals surface area contributed by atoms with E-state index in [-0.39, 0.29) is 6.04 Å². The minimum absolute atomic E-state index is 0.200. The lowest BCUT2D eigenvalue weighted by molar-refractivity contribution is 0.415. The lowest BCUT2D eigenvalue weighted by Crippen LogP contribution is -2.27. The van der Waals surface area contributed by atoms with E-state index in [1.54, 1.807) is 0 Å². The fraction of sp³-hybridized carbons (Fsp3) is 0.333. The molecule has 110 valence electrons. The van der Waals surface area contributed by atoms with Crippen LogP contribution in [0, 0.1) is 0 Å². The van der Waals surface area contributed by atoms with E-state index in [9.17, 15) is 0 Å². The van der Waals surface area contributed by atoms with Crippen molar-refractivity contribution in [1.29, 1.82) is 0 Å². The lowest BCUT2D eigenvalue weighted by Gasteiger charge is -2.29. The zero-order valence-corrected chi connectivity index (χ0v) is 13.6. The normalized spacial score (nSPS) is 19.1. The molecule has 2 aromatic carbocycles. The summed E-state index contributed by atoms with van der Waals surface area (Å²) >= 11 is 12.3. The smallest absolute Gasteiger partial charge is 0.0468 e. The molecule has 3 heteroatoms. The Morgan fingerprint density at radius 2 is 1.95 bits per heavy atom. The first-order chi connectivity index (χ1) is 10.1. The van der Waals surface area contributed by atoms with Gasteiger partial charge in [0.05, 0.1) is 0 Å². The van der Waals surface area contributed by atoms with Crippen molar-refractivity contribution >= 4 is 23.2 Å². The fourth-order valence-electron chi connectivity index (χ4n) is 3.17. The van der Waals surface area contributed by atoms with Gasteiger partial charge in [0.15, 0.2) is 0 Å². The van der Waals surface area contributed by atoms with Crippen LogP contribution in [-0.4, -0.2) is 0 Å². The molecule has 0 amide bonds. The van der Waals surface area contributed by atoms with Gasteiger partial charge in [0, 0.05) is 22.1 Å². The molecular weight excluding hydrogens is 301 g/mol. The largest absolute Gasteiger partial charge is 0.303 e. The first-order valence-corrected chi connectivity index (χ1v) is 8.19. The molecule has 1 aliphatic rings. The molecular formula is C18H19Cl2N. The summed E-state index contributed by atoms with van der Waals surface area (Å²) in [4.78, 5) is 0. The summed E-state index contributed by atoms with van der Waals surface area (Å²) in [5.41, 5.74) is 4.00. The maximum absolute atomic E-state index is 6.32. The summed E-state index contributed by atoms with van der Waals surface area (Å²) in [6.45, 7) is 2.16. The Hall–Kier alpha value is -1.02. The average Bonchev–Trinajstić information content (AvgIpc) is 2.47. The molecule has 0 aliphatic heterocycles. The van der Waals surface area contributed by atoms with Gasteiger partial charge in [0.25, 0.3) is 0 Å². The minimum Gasteiger partial charge on any atom is -0.303 e. The third-order valence-electron chi connectivity index (χ3n) is 4.25. The van der Waals surface area contributed by atoms with Crippen LogP contribution in [0.15, 0.2) is 42.5 Å². The highest BCUT2D eigenvalue weighted by molar-refractivity contribution is 6.35. The number of rotatable bonds is 3. The number of hydrogen-bond donors (Lipinski definition) is 1. The number of nitrogens with one attached hydrogen (secondary N) is 1. The van der Waals surface area contributed by atoms with E-state index in [1.165, 1.54) is 30.4 Å². The van der Waals surface area contributed by atoms with Gasteiger partial charge in [0.2, 0.25) is 0 Å². The van der Waals surface area contributed by atoms with E-state index < -0.39 is 0 Å². The summed E-state index contributed by atoms with van der Waals surface area (Å²) in [5.74, 6) is 0. The molecule has 0 spiro atoms. The van der Waals surface area contributed by atoms with E-state index >= 15 is 0 Å². The van der Waals surface area contributed by atoms with Gasteiger partial charge in [-0.2, -0.15) is 0 Å². The molecule has 21 heavy (non-hydrogen) atoms. The van der Waals surface area contributed by atoms with E-state index in [2.05, 4.69) is 36.5 Å².